The van der Waals surface area contributed by atoms with Gasteiger partial charge in [0, 0.05) is 17.5 Å². The summed E-state index contributed by atoms with van der Waals surface area (Å²) in [6.45, 7) is 12.5. The van der Waals surface area contributed by atoms with Gasteiger partial charge in [-0.1, -0.05) is 33.8 Å². The zero-order valence-electron chi connectivity index (χ0n) is 25.8. The Morgan fingerprint density at radius 3 is 2.63 bits per heavy atom. The Morgan fingerprint density at radius 2 is 1.91 bits per heavy atom. The second kappa shape index (κ2) is 11.6. The molecule has 1 aromatic carbocycles. The molecule has 2 fully saturated rings. The number of carbonyl (C=O) groups excluding carboxylic acids is 3. The number of carbonyl (C=O) groups is 3. The summed E-state index contributed by atoms with van der Waals surface area (Å²) in [5.74, 6) is -1.40. The fourth-order valence-electron chi connectivity index (χ4n) is 7.36. The number of esters is 2. The van der Waals surface area contributed by atoms with Crippen LogP contribution in [0.5, 0.6) is 0 Å². The number of ether oxygens (including phenoxy) is 2. The van der Waals surface area contributed by atoms with Gasteiger partial charge in [0.1, 0.15) is 5.00 Å². The highest BCUT2D eigenvalue weighted by molar-refractivity contribution is 7.89. The largest absolute Gasteiger partial charge is 0.462 e. The smallest absolute Gasteiger partial charge is 0.341 e. The van der Waals surface area contributed by atoms with Crippen molar-refractivity contribution >= 4 is 44.2 Å². The zero-order valence-corrected chi connectivity index (χ0v) is 27.5. The molecule has 1 saturated carbocycles. The van der Waals surface area contributed by atoms with Crippen LogP contribution in [0.15, 0.2) is 29.2 Å². The van der Waals surface area contributed by atoms with E-state index >= 15 is 0 Å². The number of nitrogens with one attached hydrogen (secondary N) is 1. The molecule has 1 saturated heterocycles. The van der Waals surface area contributed by atoms with Crippen LogP contribution < -0.4 is 5.32 Å². The van der Waals surface area contributed by atoms with Gasteiger partial charge < -0.3 is 14.8 Å². The number of benzene rings is 1. The third-order valence-electron chi connectivity index (χ3n) is 8.92. The molecule has 43 heavy (non-hydrogen) atoms. The molecule has 2 bridgehead atoms. The lowest BCUT2D eigenvalue weighted by Crippen LogP contribution is -2.37. The molecule has 4 atom stereocenters. The first-order chi connectivity index (χ1) is 20.1. The van der Waals surface area contributed by atoms with Crippen LogP contribution in [0.1, 0.15) is 98.4 Å². The van der Waals surface area contributed by atoms with Crippen LogP contribution in [0.3, 0.4) is 0 Å². The van der Waals surface area contributed by atoms with Gasteiger partial charge in [-0.25, -0.2) is 18.0 Å². The molecule has 1 amide bonds. The van der Waals surface area contributed by atoms with E-state index in [9.17, 15) is 22.8 Å². The first-order valence-electron chi connectivity index (χ1n) is 15.1. The van der Waals surface area contributed by atoms with Crippen molar-refractivity contribution in [2.45, 2.75) is 97.1 Å². The first-order valence-corrected chi connectivity index (χ1v) is 17.3. The predicted octanol–water partition coefficient (Wildman–Crippen LogP) is 5.82. The Hall–Kier alpha value is -2.76. The fourth-order valence-corrected chi connectivity index (χ4v) is 10.6. The van der Waals surface area contributed by atoms with E-state index in [1.54, 1.807) is 11.2 Å². The van der Waals surface area contributed by atoms with Crippen molar-refractivity contribution in [3.8, 4) is 0 Å². The molecule has 0 spiro atoms. The molecule has 2 heterocycles. The van der Waals surface area contributed by atoms with E-state index in [0.29, 0.717) is 23.0 Å². The second-order valence-electron chi connectivity index (χ2n) is 13.6. The van der Waals surface area contributed by atoms with Gasteiger partial charge in [0.25, 0.3) is 5.91 Å². The zero-order chi connectivity index (χ0) is 31.3. The van der Waals surface area contributed by atoms with E-state index in [2.05, 4.69) is 33.0 Å². The maximum Gasteiger partial charge on any atom is 0.341 e. The summed E-state index contributed by atoms with van der Waals surface area (Å²) in [5, 5.41) is 3.18. The molecule has 3 aliphatic rings. The van der Waals surface area contributed by atoms with Crippen molar-refractivity contribution in [3.05, 3.63) is 45.8 Å². The van der Waals surface area contributed by atoms with Gasteiger partial charge in [-0.15, -0.1) is 11.3 Å². The average Bonchev–Trinajstić information content (AvgIpc) is 3.40. The third kappa shape index (κ3) is 6.40. The number of amides is 1. The Bertz CT molecular complexity index is 1550. The number of hydrogen-bond donors (Lipinski definition) is 1. The summed E-state index contributed by atoms with van der Waals surface area (Å²) >= 11 is 1.36. The Labute approximate surface area is 258 Å². The Kier molecular flexibility index (Phi) is 8.56. The van der Waals surface area contributed by atoms with Crippen molar-refractivity contribution in [2.75, 3.05) is 18.5 Å². The molecule has 0 unspecified atom stereocenters. The molecular formula is C32H42N2O7S2. The van der Waals surface area contributed by atoms with Crippen LogP contribution >= 0.6 is 11.3 Å². The van der Waals surface area contributed by atoms with Crippen molar-refractivity contribution in [1.29, 1.82) is 0 Å². The summed E-state index contributed by atoms with van der Waals surface area (Å²) in [4.78, 5) is 40.1. The van der Waals surface area contributed by atoms with Crippen LogP contribution in [0, 0.1) is 16.7 Å². The first kappa shape index (κ1) is 31.7. The third-order valence-corrected chi connectivity index (χ3v) is 12.0. The van der Waals surface area contributed by atoms with Gasteiger partial charge in [-0.05, 0) is 92.9 Å². The molecule has 1 aliphatic heterocycles. The molecule has 1 aromatic heterocycles. The summed E-state index contributed by atoms with van der Waals surface area (Å²) in [6, 6.07) is 5.74. The molecule has 2 aliphatic carbocycles. The van der Waals surface area contributed by atoms with E-state index in [4.69, 9.17) is 9.47 Å². The Balaban J connectivity index is 1.30. The number of nitrogens with zero attached hydrogens (tertiary/aromatic N) is 1. The monoisotopic (exact) mass is 630 g/mol. The lowest BCUT2D eigenvalue weighted by atomic mass is 9.65. The second-order valence-corrected chi connectivity index (χ2v) is 16.6. The Morgan fingerprint density at radius 1 is 1.16 bits per heavy atom. The van der Waals surface area contributed by atoms with Crippen molar-refractivity contribution < 1.29 is 32.3 Å². The summed E-state index contributed by atoms with van der Waals surface area (Å²) < 4.78 is 39.8. The molecular weight excluding hydrogens is 588 g/mol. The topological polar surface area (TPSA) is 119 Å². The highest BCUT2D eigenvalue weighted by Crippen LogP contribution is 2.53. The van der Waals surface area contributed by atoms with Gasteiger partial charge in [-0.3, -0.25) is 4.79 Å². The number of sulfonamides is 1. The van der Waals surface area contributed by atoms with Crippen LogP contribution in [-0.2, 0) is 37.1 Å². The summed E-state index contributed by atoms with van der Waals surface area (Å²) in [7, 11) is -3.84. The normalized spacial score (nSPS) is 25.4. The minimum Gasteiger partial charge on any atom is -0.462 e. The predicted molar refractivity (Wildman–Crippen MR) is 165 cm³/mol. The van der Waals surface area contributed by atoms with Gasteiger partial charge in [-0.2, -0.15) is 4.31 Å². The van der Waals surface area contributed by atoms with Crippen molar-refractivity contribution in [2.24, 2.45) is 16.7 Å². The molecule has 234 valence electrons. The fraction of sp³-hybridized carbons (Fsp3) is 0.594. The van der Waals surface area contributed by atoms with Crippen molar-refractivity contribution in [3.63, 3.8) is 0 Å². The lowest BCUT2D eigenvalue weighted by Gasteiger charge is -2.39. The van der Waals surface area contributed by atoms with E-state index < -0.39 is 34.0 Å². The minimum absolute atomic E-state index is 0.0329. The van der Waals surface area contributed by atoms with E-state index in [-0.39, 0.29) is 33.9 Å². The minimum atomic E-state index is -3.84. The highest BCUT2D eigenvalue weighted by atomic mass is 32.2. The van der Waals surface area contributed by atoms with Gasteiger partial charge in [0.15, 0.2) is 6.10 Å². The van der Waals surface area contributed by atoms with Crippen LogP contribution in [0.25, 0.3) is 0 Å². The number of thiophene rings is 1. The summed E-state index contributed by atoms with van der Waals surface area (Å²) in [5.41, 5.74) is 1.32. The van der Waals surface area contributed by atoms with Gasteiger partial charge >= 0.3 is 11.9 Å². The molecule has 9 nitrogen and oxygen atoms in total. The number of rotatable bonds is 8. The van der Waals surface area contributed by atoms with E-state index in [0.717, 1.165) is 49.0 Å². The molecule has 5 rings (SSSR count). The van der Waals surface area contributed by atoms with Gasteiger partial charge in [0.2, 0.25) is 10.0 Å². The highest BCUT2D eigenvalue weighted by Gasteiger charge is 2.53. The average molecular weight is 631 g/mol. The van der Waals surface area contributed by atoms with Crippen molar-refractivity contribution in [1.82, 2.24) is 4.31 Å². The quantitative estimate of drug-likeness (QED) is 0.365. The molecule has 11 heteroatoms. The van der Waals surface area contributed by atoms with E-state index in [1.165, 1.54) is 42.5 Å². The van der Waals surface area contributed by atoms with Crippen LogP contribution in [0.4, 0.5) is 5.00 Å². The van der Waals surface area contributed by atoms with Gasteiger partial charge in [0.05, 0.1) is 22.6 Å². The standard InChI is InChI=1S/C32H42N2O7S2/c1-7-40-30(37)26-24-12-11-19(2)13-25(24)42-28(26)33-27(35)20(3)41-29(36)21-9-8-10-23(14-21)43(38,39)34-18-32(6)16-22(34)15-31(4,5)17-32/h8-10,14,19-20,22H,7,11-13,15-18H2,1-6H3,(H,33,35)/t19-,20+,22+,32+/m1/s1. The van der Waals surface area contributed by atoms with Crippen LogP contribution in [-0.4, -0.2) is 55.9 Å². The maximum absolute atomic E-state index is 13.7. The number of anilines is 1. The summed E-state index contributed by atoms with van der Waals surface area (Å²) in [6.07, 6.45) is 3.89. The maximum atomic E-state index is 13.7. The SMILES string of the molecule is CCOC(=O)c1c(NC(=O)[C@H](C)OC(=O)c2cccc(S(=O)(=O)N3C[C@@]4(C)C[C@@H]3CC(C)(C)C4)c2)sc2c1CC[C@@H](C)C2. The van der Waals surface area contributed by atoms with Crippen LogP contribution in [0.2, 0.25) is 0 Å². The lowest BCUT2D eigenvalue weighted by molar-refractivity contribution is -0.123. The molecule has 1 N–H and O–H groups in total. The number of hydrogen-bond acceptors (Lipinski definition) is 8. The van der Waals surface area contributed by atoms with E-state index in [1.807, 2.05) is 0 Å². The molecule has 2 aromatic rings. The number of fused-ring (bicyclic) bond motifs is 3. The molecule has 0 radical (unpaired) electrons.